The lowest BCUT2D eigenvalue weighted by Crippen LogP contribution is -2.45. The second-order valence-electron chi connectivity index (χ2n) is 4.45. The van der Waals surface area contributed by atoms with Gasteiger partial charge in [-0.25, -0.2) is 4.79 Å². The number of rotatable bonds is 3. The summed E-state index contributed by atoms with van der Waals surface area (Å²) in [5.74, 6) is -1.49. The highest BCUT2D eigenvalue weighted by Crippen LogP contribution is 2.16. The van der Waals surface area contributed by atoms with Crippen molar-refractivity contribution in [1.82, 2.24) is 4.57 Å². The van der Waals surface area contributed by atoms with Gasteiger partial charge < -0.3 is 5.11 Å². The molecule has 0 saturated carbocycles. The molecular formula is C12H15NO4. The molecule has 1 rings (SSSR count). The number of aryl methyl sites for hydroxylation is 1. The van der Waals surface area contributed by atoms with Gasteiger partial charge in [0.15, 0.2) is 5.78 Å². The van der Waals surface area contributed by atoms with Crippen LogP contribution in [0.4, 0.5) is 0 Å². The molecule has 5 nitrogen and oxygen atoms in total. The Kier molecular flexibility index (Phi) is 3.22. The first-order valence-corrected chi connectivity index (χ1v) is 5.17. The van der Waals surface area contributed by atoms with Gasteiger partial charge in [-0.3, -0.25) is 14.2 Å². The quantitative estimate of drug-likeness (QED) is 0.801. The summed E-state index contributed by atoms with van der Waals surface area (Å²) in [5, 5.41) is 9.13. The van der Waals surface area contributed by atoms with Crippen LogP contribution in [0.2, 0.25) is 0 Å². The molecule has 92 valence electrons. The van der Waals surface area contributed by atoms with Gasteiger partial charge in [0.2, 0.25) is 0 Å². The first-order chi connectivity index (χ1) is 7.69. The molecule has 5 heteroatoms. The van der Waals surface area contributed by atoms with Crippen molar-refractivity contribution in [2.45, 2.75) is 33.2 Å². The van der Waals surface area contributed by atoms with Crippen LogP contribution in [0.1, 0.15) is 36.8 Å². The number of aliphatic carboxylic acids is 1. The number of carboxylic acids is 1. The molecule has 0 bridgehead atoms. The van der Waals surface area contributed by atoms with E-state index in [1.807, 2.05) is 0 Å². The van der Waals surface area contributed by atoms with Crippen LogP contribution >= 0.6 is 0 Å². The second-order valence-corrected chi connectivity index (χ2v) is 4.45. The highest BCUT2D eigenvalue weighted by molar-refractivity contribution is 5.93. The SMILES string of the molecule is CC(=O)c1ccc(C)n(C(C)(C)C(=O)O)c1=O. The number of ketones is 1. The largest absolute Gasteiger partial charge is 0.480 e. The predicted octanol–water partition coefficient (Wildman–Crippen LogP) is 1.18. The molecule has 0 aliphatic carbocycles. The van der Waals surface area contributed by atoms with Crippen LogP contribution in [0.25, 0.3) is 0 Å². The average molecular weight is 237 g/mol. The number of carboxylic acid groups (broad SMARTS) is 1. The van der Waals surface area contributed by atoms with E-state index in [4.69, 9.17) is 5.11 Å². The lowest BCUT2D eigenvalue weighted by molar-refractivity contribution is -0.145. The number of pyridine rings is 1. The van der Waals surface area contributed by atoms with Gasteiger partial charge >= 0.3 is 5.97 Å². The zero-order valence-electron chi connectivity index (χ0n) is 10.3. The highest BCUT2D eigenvalue weighted by atomic mass is 16.4. The minimum atomic E-state index is -1.38. The third kappa shape index (κ3) is 2.13. The maximum atomic E-state index is 12.1. The molecule has 0 atom stereocenters. The van der Waals surface area contributed by atoms with E-state index >= 15 is 0 Å². The van der Waals surface area contributed by atoms with Gasteiger partial charge in [-0.2, -0.15) is 0 Å². The zero-order chi connectivity index (χ0) is 13.4. The molecular weight excluding hydrogens is 222 g/mol. The third-order valence-corrected chi connectivity index (χ3v) is 2.74. The van der Waals surface area contributed by atoms with Crippen LogP contribution < -0.4 is 5.56 Å². The average Bonchev–Trinajstić information content (AvgIpc) is 2.16. The molecule has 0 aliphatic heterocycles. The van der Waals surface area contributed by atoms with Gasteiger partial charge in [-0.05, 0) is 39.8 Å². The van der Waals surface area contributed by atoms with E-state index in [2.05, 4.69) is 0 Å². The predicted molar refractivity (Wildman–Crippen MR) is 62.4 cm³/mol. The van der Waals surface area contributed by atoms with Crippen molar-refractivity contribution in [3.05, 3.63) is 33.7 Å². The van der Waals surface area contributed by atoms with Gasteiger partial charge in [0.25, 0.3) is 5.56 Å². The summed E-state index contributed by atoms with van der Waals surface area (Å²) < 4.78 is 1.13. The fourth-order valence-corrected chi connectivity index (χ4v) is 1.69. The molecule has 0 amide bonds. The Labute approximate surface area is 98.7 Å². The zero-order valence-corrected chi connectivity index (χ0v) is 10.3. The molecule has 1 aromatic rings. The van der Waals surface area contributed by atoms with E-state index in [0.717, 1.165) is 4.57 Å². The van der Waals surface area contributed by atoms with E-state index in [1.165, 1.54) is 26.8 Å². The molecule has 0 unspecified atom stereocenters. The van der Waals surface area contributed by atoms with Crippen molar-refractivity contribution in [1.29, 1.82) is 0 Å². The van der Waals surface area contributed by atoms with Gasteiger partial charge in [0.05, 0.1) is 5.56 Å². The minimum Gasteiger partial charge on any atom is -0.480 e. The van der Waals surface area contributed by atoms with Crippen LogP contribution in [-0.4, -0.2) is 21.4 Å². The molecule has 17 heavy (non-hydrogen) atoms. The molecule has 0 spiro atoms. The number of hydrogen-bond acceptors (Lipinski definition) is 3. The highest BCUT2D eigenvalue weighted by Gasteiger charge is 2.32. The van der Waals surface area contributed by atoms with Gasteiger partial charge in [0.1, 0.15) is 5.54 Å². The van der Waals surface area contributed by atoms with Crippen molar-refractivity contribution in [2.75, 3.05) is 0 Å². The van der Waals surface area contributed by atoms with Gasteiger partial charge in [0, 0.05) is 5.69 Å². The molecule has 1 aromatic heterocycles. The molecule has 1 N–H and O–H groups in total. The van der Waals surface area contributed by atoms with Crippen molar-refractivity contribution < 1.29 is 14.7 Å². The van der Waals surface area contributed by atoms with E-state index in [1.54, 1.807) is 13.0 Å². The van der Waals surface area contributed by atoms with Crippen molar-refractivity contribution in [3.8, 4) is 0 Å². The Balaban J connectivity index is 3.65. The number of Topliss-reactive ketones (excluding diaryl/α,β-unsaturated/α-hetero) is 1. The summed E-state index contributed by atoms with van der Waals surface area (Å²) in [5.41, 5.74) is -1.44. The summed E-state index contributed by atoms with van der Waals surface area (Å²) in [6.45, 7) is 5.77. The van der Waals surface area contributed by atoms with Crippen molar-refractivity contribution >= 4 is 11.8 Å². The maximum absolute atomic E-state index is 12.1. The van der Waals surface area contributed by atoms with Crippen LogP contribution in [0.5, 0.6) is 0 Å². The summed E-state index contributed by atoms with van der Waals surface area (Å²) >= 11 is 0. The van der Waals surface area contributed by atoms with E-state index in [9.17, 15) is 14.4 Å². The van der Waals surface area contributed by atoms with Crippen LogP contribution in [0.3, 0.4) is 0 Å². The Morgan fingerprint density at radius 1 is 1.29 bits per heavy atom. The molecule has 0 aromatic carbocycles. The van der Waals surface area contributed by atoms with E-state index < -0.39 is 17.1 Å². The first kappa shape index (κ1) is 13.2. The van der Waals surface area contributed by atoms with Crippen molar-refractivity contribution in [2.24, 2.45) is 0 Å². The summed E-state index contributed by atoms with van der Waals surface area (Å²) in [6, 6.07) is 3.00. The van der Waals surface area contributed by atoms with Crippen LogP contribution in [-0.2, 0) is 10.3 Å². The second kappa shape index (κ2) is 4.16. The number of aromatic nitrogens is 1. The monoisotopic (exact) mass is 237 g/mol. The fourth-order valence-electron chi connectivity index (χ4n) is 1.69. The van der Waals surface area contributed by atoms with Gasteiger partial charge in [-0.1, -0.05) is 0 Å². The van der Waals surface area contributed by atoms with Crippen LogP contribution in [0.15, 0.2) is 16.9 Å². The normalized spacial score (nSPS) is 11.3. The summed E-state index contributed by atoms with van der Waals surface area (Å²) in [7, 11) is 0. The van der Waals surface area contributed by atoms with Crippen LogP contribution in [0, 0.1) is 6.92 Å². The Bertz CT molecular complexity index is 540. The molecule has 0 saturated heterocycles. The summed E-state index contributed by atoms with van der Waals surface area (Å²) in [6.07, 6.45) is 0. The summed E-state index contributed by atoms with van der Waals surface area (Å²) in [4.78, 5) is 34.5. The molecule has 1 heterocycles. The van der Waals surface area contributed by atoms with Gasteiger partial charge in [-0.15, -0.1) is 0 Å². The molecule has 0 aliphatic rings. The standard InChI is InChI=1S/C12H15NO4/c1-7-5-6-9(8(2)14)10(15)13(7)12(3,4)11(16)17/h5-6H,1-4H3,(H,16,17). The lowest BCUT2D eigenvalue weighted by atomic mass is 10.0. The van der Waals surface area contributed by atoms with Crippen molar-refractivity contribution in [3.63, 3.8) is 0 Å². The number of carbonyl (C=O) groups is 2. The maximum Gasteiger partial charge on any atom is 0.329 e. The van der Waals surface area contributed by atoms with E-state index in [0.29, 0.717) is 5.69 Å². The minimum absolute atomic E-state index is 0.00456. The first-order valence-electron chi connectivity index (χ1n) is 5.17. The Morgan fingerprint density at radius 3 is 2.24 bits per heavy atom. The number of hydrogen-bond donors (Lipinski definition) is 1. The number of carbonyl (C=O) groups excluding carboxylic acids is 1. The fraction of sp³-hybridized carbons (Fsp3) is 0.417. The molecule has 0 fully saturated rings. The van der Waals surface area contributed by atoms with E-state index in [-0.39, 0.29) is 11.3 Å². The lowest BCUT2D eigenvalue weighted by Gasteiger charge is -2.25. The third-order valence-electron chi connectivity index (χ3n) is 2.74. The Hall–Kier alpha value is -1.91. The number of nitrogens with zero attached hydrogens (tertiary/aromatic N) is 1. The topological polar surface area (TPSA) is 76.4 Å². The smallest absolute Gasteiger partial charge is 0.329 e. The Morgan fingerprint density at radius 2 is 1.82 bits per heavy atom. The molecule has 0 radical (unpaired) electrons.